The highest BCUT2D eigenvalue weighted by atomic mass is 32.2. The second kappa shape index (κ2) is 8.51. The number of aryl methyl sites for hydroxylation is 1. The SMILES string of the molecule is CCS(=O)(=O)N1CCC2(CN(c3cnn(C)c3)C(=O)CN2C)C1.O=C(O)C(F)(F)F. The van der Waals surface area contributed by atoms with E-state index in [1.165, 1.54) is 0 Å². The summed E-state index contributed by atoms with van der Waals surface area (Å²) in [6.07, 6.45) is -0.869. The summed E-state index contributed by atoms with van der Waals surface area (Å²) in [5.41, 5.74) is 0.438. The van der Waals surface area contributed by atoms with E-state index in [1.54, 1.807) is 27.0 Å². The second-order valence-corrected chi connectivity index (χ2v) is 9.48. The van der Waals surface area contributed by atoms with Gasteiger partial charge in [0.2, 0.25) is 15.9 Å². The number of nitrogens with zero attached hydrogens (tertiary/aromatic N) is 5. The normalized spacial score (nSPS) is 23.5. The molecule has 1 amide bonds. The van der Waals surface area contributed by atoms with Crippen LogP contribution in [0.4, 0.5) is 18.9 Å². The molecule has 0 aromatic carbocycles. The molecule has 2 saturated heterocycles. The fourth-order valence-corrected chi connectivity index (χ4v) is 4.59. The fraction of sp³-hybridized carbons (Fsp3) is 0.688. The van der Waals surface area contributed by atoms with Crippen LogP contribution in [0.3, 0.4) is 0 Å². The van der Waals surface area contributed by atoms with Gasteiger partial charge in [-0.05, 0) is 20.4 Å². The number of carbonyl (C=O) groups is 2. The molecule has 0 bridgehead atoms. The topological polar surface area (TPSA) is 116 Å². The first-order chi connectivity index (χ1) is 13.7. The minimum Gasteiger partial charge on any atom is -0.475 e. The van der Waals surface area contributed by atoms with Gasteiger partial charge in [-0.15, -0.1) is 0 Å². The first-order valence-corrected chi connectivity index (χ1v) is 10.6. The van der Waals surface area contributed by atoms with E-state index in [4.69, 9.17) is 9.90 Å². The van der Waals surface area contributed by atoms with Crippen molar-refractivity contribution in [2.45, 2.75) is 25.1 Å². The van der Waals surface area contributed by atoms with E-state index < -0.39 is 22.2 Å². The Labute approximate surface area is 171 Å². The van der Waals surface area contributed by atoms with Crippen LogP contribution in [0.25, 0.3) is 0 Å². The van der Waals surface area contributed by atoms with Crippen LogP contribution in [0, 0.1) is 0 Å². The lowest BCUT2D eigenvalue weighted by Crippen LogP contribution is -2.64. The van der Waals surface area contributed by atoms with E-state index in [0.29, 0.717) is 19.6 Å². The minimum atomic E-state index is -5.08. The van der Waals surface area contributed by atoms with Gasteiger partial charge in [0.05, 0.1) is 29.7 Å². The fourth-order valence-electron chi connectivity index (χ4n) is 3.42. The van der Waals surface area contributed by atoms with E-state index in [-0.39, 0.29) is 23.7 Å². The van der Waals surface area contributed by atoms with E-state index in [9.17, 15) is 26.4 Å². The number of amides is 1. The maximum atomic E-state index is 12.4. The number of halogens is 3. The molecule has 1 atom stereocenters. The van der Waals surface area contributed by atoms with Gasteiger partial charge in [0.15, 0.2) is 0 Å². The molecule has 3 rings (SSSR count). The Morgan fingerprint density at radius 3 is 2.37 bits per heavy atom. The average Bonchev–Trinajstić information content (AvgIpc) is 3.26. The number of anilines is 1. The molecule has 14 heteroatoms. The summed E-state index contributed by atoms with van der Waals surface area (Å²) < 4.78 is 59.3. The summed E-state index contributed by atoms with van der Waals surface area (Å²) in [5.74, 6) is -2.63. The lowest BCUT2D eigenvalue weighted by atomic mass is 9.93. The Morgan fingerprint density at radius 2 is 1.90 bits per heavy atom. The van der Waals surface area contributed by atoms with E-state index in [0.717, 1.165) is 12.1 Å². The maximum Gasteiger partial charge on any atom is 0.490 e. The Balaban J connectivity index is 0.000000396. The number of carbonyl (C=O) groups excluding carboxylic acids is 1. The van der Waals surface area contributed by atoms with Gasteiger partial charge < -0.3 is 10.0 Å². The zero-order valence-corrected chi connectivity index (χ0v) is 17.6. The zero-order chi connectivity index (χ0) is 22.9. The number of sulfonamides is 1. The summed E-state index contributed by atoms with van der Waals surface area (Å²) in [6.45, 7) is 3.38. The summed E-state index contributed by atoms with van der Waals surface area (Å²) >= 11 is 0. The summed E-state index contributed by atoms with van der Waals surface area (Å²) in [5, 5.41) is 11.3. The summed E-state index contributed by atoms with van der Waals surface area (Å²) in [6, 6.07) is 0. The monoisotopic (exact) mass is 455 g/mol. The molecule has 170 valence electrons. The molecule has 0 aliphatic carbocycles. The van der Waals surface area contributed by atoms with Crippen molar-refractivity contribution in [3.05, 3.63) is 12.4 Å². The number of aromatic nitrogens is 2. The number of piperazine rings is 1. The third kappa shape index (κ3) is 5.10. The van der Waals surface area contributed by atoms with Crippen molar-refractivity contribution in [2.75, 3.05) is 43.9 Å². The summed E-state index contributed by atoms with van der Waals surface area (Å²) in [7, 11) is 0.512. The Morgan fingerprint density at radius 1 is 1.30 bits per heavy atom. The van der Waals surface area contributed by atoms with Crippen molar-refractivity contribution in [1.82, 2.24) is 19.0 Å². The number of alkyl halides is 3. The van der Waals surface area contributed by atoms with Crippen LogP contribution in [0.5, 0.6) is 0 Å². The number of likely N-dealkylation sites (N-methyl/N-ethyl adjacent to an activating group) is 1. The molecule has 2 aliphatic heterocycles. The van der Waals surface area contributed by atoms with Crippen LogP contribution < -0.4 is 4.90 Å². The van der Waals surface area contributed by atoms with Crippen molar-refractivity contribution in [3.63, 3.8) is 0 Å². The molecule has 1 aromatic rings. The molecule has 0 radical (unpaired) electrons. The average molecular weight is 455 g/mol. The summed E-state index contributed by atoms with van der Waals surface area (Å²) in [4.78, 5) is 25.0. The molecule has 1 spiro atoms. The molecule has 0 saturated carbocycles. The number of carboxylic acid groups (broad SMARTS) is 1. The molecular weight excluding hydrogens is 431 g/mol. The molecule has 2 fully saturated rings. The van der Waals surface area contributed by atoms with Crippen LogP contribution in [0.15, 0.2) is 12.4 Å². The molecule has 3 heterocycles. The molecule has 1 unspecified atom stereocenters. The van der Waals surface area contributed by atoms with Gasteiger partial charge in [-0.3, -0.25) is 14.4 Å². The van der Waals surface area contributed by atoms with Gasteiger partial charge in [0.25, 0.3) is 0 Å². The van der Waals surface area contributed by atoms with Crippen molar-refractivity contribution in [2.24, 2.45) is 7.05 Å². The van der Waals surface area contributed by atoms with Crippen LogP contribution in [-0.4, -0.2) is 95.1 Å². The standard InChI is InChI=1S/C14H23N5O3S.C2HF3O2/c1-4-23(21,22)18-6-5-14(10-18)11-19(13(20)9-16(14)2)12-7-15-17(3)8-12;3-2(4,5)1(6)7/h7-8H,4-6,9-11H2,1-3H3;(H,6,7). The molecule has 10 nitrogen and oxygen atoms in total. The lowest BCUT2D eigenvalue weighted by molar-refractivity contribution is -0.192. The van der Waals surface area contributed by atoms with Crippen molar-refractivity contribution in [3.8, 4) is 0 Å². The third-order valence-corrected chi connectivity index (χ3v) is 7.06. The van der Waals surface area contributed by atoms with Crippen molar-refractivity contribution < 1.29 is 36.3 Å². The number of aliphatic carboxylic acids is 1. The predicted molar refractivity (Wildman–Crippen MR) is 100 cm³/mol. The Bertz CT molecular complexity index is 903. The van der Waals surface area contributed by atoms with Crippen LogP contribution in [-0.2, 0) is 26.7 Å². The first kappa shape index (κ1) is 24.1. The van der Waals surface area contributed by atoms with Crippen LogP contribution in [0.1, 0.15) is 13.3 Å². The quantitative estimate of drug-likeness (QED) is 0.689. The number of rotatable bonds is 3. The van der Waals surface area contributed by atoms with Crippen LogP contribution >= 0.6 is 0 Å². The molecule has 1 N–H and O–H groups in total. The molecule has 2 aliphatic rings. The van der Waals surface area contributed by atoms with E-state index in [1.807, 2.05) is 25.2 Å². The predicted octanol–water partition coefficient (Wildman–Crippen LogP) is 0.126. The Hall–Kier alpha value is -2.19. The third-order valence-electron chi connectivity index (χ3n) is 5.24. The molecular formula is C16H24F3N5O5S. The van der Waals surface area contributed by atoms with Gasteiger partial charge in [-0.25, -0.2) is 13.2 Å². The number of hydrogen-bond acceptors (Lipinski definition) is 6. The van der Waals surface area contributed by atoms with Crippen LogP contribution in [0.2, 0.25) is 0 Å². The largest absolute Gasteiger partial charge is 0.490 e. The lowest BCUT2D eigenvalue weighted by Gasteiger charge is -2.46. The second-order valence-electron chi connectivity index (χ2n) is 7.22. The highest BCUT2D eigenvalue weighted by Crippen LogP contribution is 2.34. The van der Waals surface area contributed by atoms with Gasteiger partial charge in [-0.2, -0.15) is 22.6 Å². The first-order valence-electron chi connectivity index (χ1n) is 9.00. The van der Waals surface area contributed by atoms with E-state index in [2.05, 4.69) is 5.10 Å². The number of hydrogen-bond donors (Lipinski definition) is 1. The van der Waals surface area contributed by atoms with Gasteiger partial charge in [0.1, 0.15) is 0 Å². The highest BCUT2D eigenvalue weighted by Gasteiger charge is 2.49. The molecule has 30 heavy (non-hydrogen) atoms. The van der Waals surface area contributed by atoms with Gasteiger partial charge in [-0.1, -0.05) is 0 Å². The highest BCUT2D eigenvalue weighted by molar-refractivity contribution is 7.89. The minimum absolute atomic E-state index is 0.0166. The van der Waals surface area contributed by atoms with Crippen molar-refractivity contribution >= 4 is 27.6 Å². The van der Waals surface area contributed by atoms with E-state index >= 15 is 0 Å². The molecule has 1 aromatic heterocycles. The smallest absolute Gasteiger partial charge is 0.475 e. The maximum absolute atomic E-state index is 12.4. The van der Waals surface area contributed by atoms with Gasteiger partial charge in [0, 0.05) is 32.9 Å². The zero-order valence-electron chi connectivity index (χ0n) is 16.8. The van der Waals surface area contributed by atoms with Gasteiger partial charge >= 0.3 is 12.1 Å². The Kier molecular flexibility index (Phi) is 6.83. The van der Waals surface area contributed by atoms with Crippen molar-refractivity contribution in [1.29, 1.82) is 0 Å². The number of carboxylic acids is 1.